The second-order valence-electron chi connectivity index (χ2n) is 15.4. The normalized spacial score (nSPS) is 13.7. The molecule has 0 saturated heterocycles. The molecule has 0 bridgehead atoms. The van der Waals surface area contributed by atoms with Crippen LogP contribution in [0.4, 0.5) is 0 Å². The zero-order valence-corrected chi connectivity index (χ0v) is 35.5. The molecule has 66 heavy (non-hydrogen) atoms. The average molecular weight is 909 g/mol. The Kier molecular flexibility index (Phi) is 17.7. The van der Waals surface area contributed by atoms with Crippen molar-refractivity contribution >= 4 is 52.3 Å². The van der Waals surface area contributed by atoms with Gasteiger partial charge in [0, 0.05) is 36.4 Å². The third kappa shape index (κ3) is 14.4. The first-order valence-corrected chi connectivity index (χ1v) is 20.8. The van der Waals surface area contributed by atoms with Crippen molar-refractivity contribution in [2.45, 2.75) is 61.9 Å². The van der Waals surface area contributed by atoms with Gasteiger partial charge in [-0.05, 0) is 59.0 Å². The number of para-hydroxylation sites is 1. The number of hydrogen-bond donors (Lipinski definition) is 13. The Morgan fingerprint density at radius 2 is 0.985 bits per heavy atom. The van der Waals surface area contributed by atoms with Gasteiger partial charge in [0.2, 0.25) is 35.4 Å². The second kappa shape index (κ2) is 23.8. The predicted octanol–water partition coefficient (Wildman–Crippen LogP) is -1.21. The molecule has 6 amide bonds. The lowest BCUT2D eigenvalue weighted by Gasteiger charge is -2.26. The Morgan fingerprint density at radius 1 is 0.515 bits per heavy atom. The number of carbonyl (C=O) groups is 7. The molecule has 6 atom stereocenters. The van der Waals surface area contributed by atoms with E-state index in [1.54, 1.807) is 60.8 Å². The maximum Gasteiger partial charge on any atom is 0.328 e. The summed E-state index contributed by atoms with van der Waals surface area (Å²) >= 11 is 0. The maximum absolute atomic E-state index is 14.3. The Hall–Kier alpha value is -7.81. The van der Waals surface area contributed by atoms with E-state index < -0.39 is 97.4 Å². The number of carbonyl (C=O) groups excluding carboxylic acids is 6. The molecule has 1 aromatic heterocycles. The summed E-state index contributed by atoms with van der Waals surface area (Å²) in [5, 5.41) is 64.3. The number of aromatic hydroxyl groups is 2. The standard InChI is InChI=1S/C46H52N8O12/c47-33(18-26-6-2-1-3-7-26)41(60)53-38(24-55)42(61)49-23-40(59)50-35(19-27-10-14-30(57)15-11-27)43(62)51-36(20-28-12-16-31(58)17-13-28)44(63)52-37(45(64)54-39(25-56)46(65)66)21-29-22-48-34-9-5-4-8-32(29)34/h1-17,22,33,35-39,48,55-58H,18-21,23-25,47H2,(H,49,61)(H,50,59)(H,51,62)(H,52,63)(H,53,60)(H,54,64)(H,65,66)/t33-,35-,36-,37-,38-,39-/m0/s1. The molecule has 0 aliphatic carbocycles. The van der Waals surface area contributed by atoms with Crippen LogP contribution in [0.1, 0.15) is 22.3 Å². The Balaban J connectivity index is 1.34. The summed E-state index contributed by atoms with van der Waals surface area (Å²) in [6.07, 6.45) is 1.20. The summed E-state index contributed by atoms with van der Waals surface area (Å²) in [5.41, 5.74) is 8.99. The van der Waals surface area contributed by atoms with Crippen molar-refractivity contribution in [3.8, 4) is 11.5 Å². The zero-order valence-electron chi connectivity index (χ0n) is 35.5. The summed E-state index contributed by atoms with van der Waals surface area (Å²) in [5.74, 6) is -7.01. The molecule has 0 aliphatic rings. The number of aromatic nitrogens is 1. The zero-order chi connectivity index (χ0) is 47.8. The molecule has 0 aliphatic heterocycles. The lowest BCUT2D eigenvalue weighted by Crippen LogP contribution is -2.59. The topological polar surface area (TPSA) is 335 Å². The first-order chi connectivity index (χ1) is 31.6. The van der Waals surface area contributed by atoms with Gasteiger partial charge < -0.3 is 68.2 Å². The fourth-order valence-electron chi connectivity index (χ4n) is 6.86. The predicted molar refractivity (Wildman–Crippen MR) is 238 cm³/mol. The molecule has 20 nitrogen and oxygen atoms in total. The van der Waals surface area contributed by atoms with Crippen molar-refractivity contribution in [3.05, 3.63) is 132 Å². The average Bonchev–Trinajstić information content (AvgIpc) is 3.72. The van der Waals surface area contributed by atoms with Crippen molar-refractivity contribution in [2.24, 2.45) is 5.73 Å². The number of aromatic amines is 1. The fraction of sp³-hybridized carbons (Fsp3) is 0.283. The van der Waals surface area contributed by atoms with Crippen LogP contribution in [0.2, 0.25) is 0 Å². The molecule has 0 radical (unpaired) electrons. The molecule has 0 spiro atoms. The fourth-order valence-corrected chi connectivity index (χ4v) is 6.86. The number of carboxylic acids is 1. The molecule has 0 unspecified atom stereocenters. The number of carboxylic acid groups (broad SMARTS) is 1. The van der Waals surface area contributed by atoms with Crippen LogP contribution in [0.25, 0.3) is 10.9 Å². The first-order valence-electron chi connectivity index (χ1n) is 20.8. The maximum atomic E-state index is 14.3. The Bertz CT molecular complexity index is 2470. The van der Waals surface area contributed by atoms with Crippen LogP contribution in [0.5, 0.6) is 11.5 Å². The molecule has 20 heteroatoms. The van der Waals surface area contributed by atoms with Crippen molar-refractivity contribution in [3.63, 3.8) is 0 Å². The molecule has 0 saturated carbocycles. The minimum absolute atomic E-state index is 0.0800. The van der Waals surface area contributed by atoms with Gasteiger partial charge in [-0.1, -0.05) is 72.8 Å². The van der Waals surface area contributed by atoms with Gasteiger partial charge >= 0.3 is 5.97 Å². The smallest absolute Gasteiger partial charge is 0.328 e. The van der Waals surface area contributed by atoms with E-state index in [1.807, 2.05) is 0 Å². The third-order valence-electron chi connectivity index (χ3n) is 10.4. The summed E-state index contributed by atoms with van der Waals surface area (Å²) < 4.78 is 0. The molecular formula is C46H52N8O12. The number of rotatable bonds is 23. The summed E-state index contributed by atoms with van der Waals surface area (Å²) in [6.45, 7) is -2.51. The molecule has 1 heterocycles. The summed E-state index contributed by atoms with van der Waals surface area (Å²) in [4.78, 5) is 96.3. The minimum atomic E-state index is -1.71. The second-order valence-corrected chi connectivity index (χ2v) is 15.4. The van der Waals surface area contributed by atoms with E-state index in [0.717, 1.165) is 11.1 Å². The molecule has 5 aromatic rings. The van der Waals surface area contributed by atoms with E-state index >= 15 is 0 Å². The van der Waals surface area contributed by atoms with E-state index in [1.165, 1.54) is 48.5 Å². The Morgan fingerprint density at radius 3 is 1.53 bits per heavy atom. The number of aliphatic carboxylic acids is 1. The summed E-state index contributed by atoms with van der Waals surface area (Å²) in [6, 6.07) is 18.8. The monoisotopic (exact) mass is 908 g/mol. The molecule has 5 rings (SSSR count). The van der Waals surface area contributed by atoms with Crippen molar-refractivity contribution in [1.82, 2.24) is 36.9 Å². The molecule has 14 N–H and O–H groups in total. The van der Waals surface area contributed by atoms with E-state index in [2.05, 4.69) is 36.9 Å². The molecule has 348 valence electrons. The van der Waals surface area contributed by atoms with Gasteiger partial charge in [0.1, 0.15) is 41.7 Å². The van der Waals surface area contributed by atoms with Crippen LogP contribution in [0.15, 0.2) is 109 Å². The number of benzene rings is 4. The van der Waals surface area contributed by atoms with Crippen LogP contribution in [-0.2, 0) is 59.2 Å². The number of aliphatic hydroxyl groups excluding tert-OH is 2. The first kappa shape index (κ1) is 49.2. The minimum Gasteiger partial charge on any atom is -0.508 e. The highest BCUT2D eigenvalue weighted by Gasteiger charge is 2.33. The lowest BCUT2D eigenvalue weighted by atomic mass is 10.0. The molecule has 4 aromatic carbocycles. The van der Waals surface area contributed by atoms with E-state index in [-0.39, 0.29) is 37.2 Å². The number of nitrogens with one attached hydrogen (secondary N) is 7. The largest absolute Gasteiger partial charge is 0.508 e. The highest BCUT2D eigenvalue weighted by Crippen LogP contribution is 2.20. The summed E-state index contributed by atoms with van der Waals surface area (Å²) in [7, 11) is 0. The van der Waals surface area contributed by atoms with Crippen LogP contribution in [0.3, 0.4) is 0 Å². The number of phenols is 2. The number of nitrogens with two attached hydrogens (primary N) is 1. The van der Waals surface area contributed by atoms with Gasteiger partial charge in [0.25, 0.3) is 0 Å². The van der Waals surface area contributed by atoms with Crippen LogP contribution in [-0.4, -0.2) is 128 Å². The number of fused-ring (bicyclic) bond motifs is 1. The SMILES string of the molecule is N[C@@H](Cc1ccccc1)C(=O)N[C@@H](CO)C(=O)NCC(=O)N[C@@H](Cc1ccc(O)cc1)C(=O)N[C@@H](Cc1ccc(O)cc1)C(=O)N[C@@H](Cc1c[nH]c2ccccc12)C(=O)N[C@@H](CO)C(=O)O. The molecular weight excluding hydrogens is 857 g/mol. The van der Waals surface area contributed by atoms with Gasteiger partial charge in [-0.3, -0.25) is 28.8 Å². The van der Waals surface area contributed by atoms with Crippen LogP contribution < -0.4 is 37.6 Å². The molecule has 0 fully saturated rings. The number of phenolic OH excluding ortho intramolecular Hbond substituents is 2. The van der Waals surface area contributed by atoms with Crippen molar-refractivity contribution in [1.29, 1.82) is 0 Å². The van der Waals surface area contributed by atoms with E-state index in [4.69, 9.17) is 5.73 Å². The quantitative estimate of drug-likeness (QED) is 0.0366. The van der Waals surface area contributed by atoms with Crippen molar-refractivity contribution < 1.29 is 59.1 Å². The number of aliphatic hydroxyl groups is 2. The van der Waals surface area contributed by atoms with Crippen LogP contribution in [0, 0.1) is 0 Å². The van der Waals surface area contributed by atoms with Gasteiger partial charge in [0.15, 0.2) is 0 Å². The number of H-pyrrole nitrogens is 1. The highest BCUT2D eigenvalue weighted by atomic mass is 16.4. The third-order valence-corrected chi connectivity index (χ3v) is 10.4. The van der Waals surface area contributed by atoms with Crippen LogP contribution >= 0.6 is 0 Å². The highest BCUT2D eigenvalue weighted by molar-refractivity contribution is 5.97. The van der Waals surface area contributed by atoms with Crippen molar-refractivity contribution in [2.75, 3.05) is 19.8 Å². The number of amides is 6. The van der Waals surface area contributed by atoms with Gasteiger partial charge in [-0.2, -0.15) is 0 Å². The van der Waals surface area contributed by atoms with Gasteiger partial charge in [-0.25, -0.2) is 4.79 Å². The van der Waals surface area contributed by atoms with Gasteiger partial charge in [-0.15, -0.1) is 0 Å². The van der Waals surface area contributed by atoms with E-state index in [0.29, 0.717) is 22.1 Å². The van der Waals surface area contributed by atoms with E-state index in [9.17, 15) is 59.1 Å². The Labute approximate surface area is 378 Å². The van der Waals surface area contributed by atoms with Gasteiger partial charge in [0.05, 0.1) is 25.8 Å². The lowest BCUT2D eigenvalue weighted by molar-refractivity contribution is -0.143. The number of hydrogen-bond acceptors (Lipinski definition) is 12.